The molecule has 0 aliphatic carbocycles. The molecule has 0 radical (unpaired) electrons. The highest BCUT2D eigenvalue weighted by molar-refractivity contribution is 5.68. The number of hydrogen-bond donors (Lipinski definition) is 1. The van der Waals surface area contributed by atoms with E-state index in [4.69, 9.17) is 9.47 Å². The molecule has 0 aromatic rings. The molecule has 16 heavy (non-hydrogen) atoms. The van der Waals surface area contributed by atoms with Crippen LogP contribution >= 0.6 is 0 Å². The Labute approximate surface area is 96.1 Å². The standard InChI is InChI=1S/C11H20N2O3/c1-11(2,3)16-10(14)13-4-8-6-15-7-9(5-13)12-8/h8-9,12H,4-7H2,1-3H3/t8-,9+. The van der Waals surface area contributed by atoms with Crippen LogP contribution in [0.4, 0.5) is 4.79 Å². The maximum Gasteiger partial charge on any atom is 0.410 e. The number of carbonyl (C=O) groups is 1. The van der Waals surface area contributed by atoms with Crippen molar-refractivity contribution in [3.05, 3.63) is 0 Å². The molecule has 0 saturated carbocycles. The molecule has 1 amide bonds. The van der Waals surface area contributed by atoms with Gasteiger partial charge in [-0.2, -0.15) is 0 Å². The first-order valence-electron chi connectivity index (χ1n) is 5.76. The summed E-state index contributed by atoms with van der Waals surface area (Å²) in [6, 6.07) is 0.500. The van der Waals surface area contributed by atoms with Crippen LogP contribution in [0.25, 0.3) is 0 Å². The number of carbonyl (C=O) groups excluding carboxylic acids is 1. The summed E-state index contributed by atoms with van der Waals surface area (Å²) in [5.74, 6) is 0. The maximum atomic E-state index is 11.9. The molecule has 5 nitrogen and oxygen atoms in total. The first-order chi connectivity index (χ1) is 7.44. The second-order valence-electron chi connectivity index (χ2n) is 5.48. The van der Waals surface area contributed by atoms with Crippen LogP contribution in [0.2, 0.25) is 0 Å². The second kappa shape index (κ2) is 4.22. The molecular formula is C11H20N2O3. The lowest BCUT2D eigenvalue weighted by Gasteiger charge is -2.42. The van der Waals surface area contributed by atoms with Gasteiger partial charge in [-0.1, -0.05) is 0 Å². The molecule has 2 aliphatic rings. The number of nitrogens with zero attached hydrogens (tertiary/aromatic N) is 1. The van der Waals surface area contributed by atoms with E-state index in [0.717, 1.165) is 0 Å². The Hall–Kier alpha value is -0.810. The fourth-order valence-electron chi connectivity index (χ4n) is 2.08. The smallest absolute Gasteiger partial charge is 0.410 e. The summed E-state index contributed by atoms with van der Waals surface area (Å²) in [6.07, 6.45) is -0.217. The fraction of sp³-hybridized carbons (Fsp3) is 0.909. The van der Waals surface area contributed by atoms with Gasteiger partial charge in [0.1, 0.15) is 5.60 Å². The zero-order valence-electron chi connectivity index (χ0n) is 10.2. The number of hydrogen-bond acceptors (Lipinski definition) is 4. The van der Waals surface area contributed by atoms with Crippen LogP contribution in [0.3, 0.4) is 0 Å². The molecule has 2 atom stereocenters. The van der Waals surface area contributed by atoms with E-state index in [1.165, 1.54) is 0 Å². The lowest BCUT2D eigenvalue weighted by molar-refractivity contribution is -0.0238. The molecule has 2 fully saturated rings. The second-order valence-corrected chi connectivity index (χ2v) is 5.48. The molecule has 0 aromatic carbocycles. The summed E-state index contributed by atoms with van der Waals surface area (Å²) < 4.78 is 10.8. The van der Waals surface area contributed by atoms with Gasteiger partial charge in [0.05, 0.1) is 13.2 Å². The summed E-state index contributed by atoms with van der Waals surface area (Å²) in [6.45, 7) is 8.35. The van der Waals surface area contributed by atoms with Gasteiger partial charge in [0.15, 0.2) is 0 Å². The number of morpholine rings is 1. The van der Waals surface area contributed by atoms with Gasteiger partial charge in [0, 0.05) is 25.2 Å². The van der Waals surface area contributed by atoms with Gasteiger partial charge in [0.2, 0.25) is 0 Å². The first kappa shape index (κ1) is 11.7. The number of rotatable bonds is 0. The molecule has 2 rings (SSSR count). The van der Waals surface area contributed by atoms with Crippen LogP contribution in [0.15, 0.2) is 0 Å². The number of nitrogens with one attached hydrogen (secondary N) is 1. The summed E-state index contributed by atoms with van der Waals surface area (Å²) in [7, 11) is 0. The van der Waals surface area contributed by atoms with Crippen molar-refractivity contribution in [3.8, 4) is 0 Å². The largest absolute Gasteiger partial charge is 0.444 e. The van der Waals surface area contributed by atoms with Gasteiger partial charge in [-0.25, -0.2) is 4.79 Å². The molecule has 2 bridgehead atoms. The van der Waals surface area contributed by atoms with Crippen molar-refractivity contribution < 1.29 is 14.3 Å². The van der Waals surface area contributed by atoms with Crippen molar-refractivity contribution in [2.45, 2.75) is 38.5 Å². The third kappa shape index (κ3) is 2.86. The van der Waals surface area contributed by atoms with Gasteiger partial charge < -0.3 is 19.7 Å². The van der Waals surface area contributed by atoms with Crippen molar-refractivity contribution in [1.29, 1.82) is 0 Å². The fourth-order valence-corrected chi connectivity index (χ4v) is 2.08. The molecule has 2 heterocycles. The first-order valence-corrected chi connectivity index (χ1v) is 5.76. The molecule has 92 valence electrons. The minimum absolute atomic E-state index is 0.217. The van der Waals surface area contributed by atoms with Gasteiger partial charge in [0.25, 0.3) is 0 Å². The van der Waals surface area contributed by atoms with E-state index >= 15 is 0 Å². The van der Waals surface area contributed by atoms with Crippen LogP contribution in [-0.4, -0.2) is 55.0 Å². The third-order valence-corrected chi connectivity index (χ3v) is 2.64. The lowest BCUT2D eigenvalue weighted by Crippen LogP contribution is -2.64. The van der Waals surface area contributed by atoms with Crippen molar-refractivity contribution >= 4 is 6.09 Å². The molecule has 5 heteroatoms. The predicted octanol–water partition coefficient (Wildman–Crippen LogP) is 0.594. The Morgan fingerprint density at radius 3 is 2.38 bits per heavy atom. The van der Waals surface area contributed by atoms with E-state index in [9.17, 15) is 4.79 Å². The van der Waals surface area contributed by atoms with Crippen LogP contribution < -0.4 is 5.32 Å². The van der Waals surface area contributed by atoms with Gasteiger partial charge in [-0.15, -0.1) is 0 Å². The molecule has 0 unspecified atom stereocenters. The van der Waals surface area contributed by atoms with Crippen molar-refractivity contribution in [3.63, 3.8) is 0 Å². The van der Waals surface area contributed by atoms with Gasteiger partial charge >= 0.3 is 6.09 Å². The highest BCUT2D eigenvalue weighted by Gasteiger charge is 2.34. The van der Waals surface area contributed by atoms with Crippen molar-refractivity contribution in [2.24, 2.45) is 0 Å². The number of fused-ring (bicyclic) bond motifs is 2. The quantitative estimate of drug-likeness (QED) is 0.659. The maximum absolute atomic E-state index is 11.9. The van der Waals surface area contributed by atoms with E-state index in [0.29, 0.717) is 26.3 Å². The van der Waals surface area contributed by atoms with Crippen LogP contribution in [0.1, 0.15) is 20.8 Å². The molecule has 1 N–H and O–H groups in total. The summed E-state index contributed by atoms with van der Waals surface area (Å²) in [5, 5.41) is 3.43. The van der Waals surface area contributed by atoms with E-state index < -0.39 is 5.60 Å². The van der Waals surface area contributed by atoms with Crippen molar-refractivity contribution in [1.82, 2.24) is 10.2 Å². The van der Waals surface area contributed by atoms with Crippen LogP contribution in [-0.2, 0) is 9.47 Å². The van der Waals surface area contributed by atoms with Crippen LogP contribution in [0, 0.1) is 0 Å². The number of piperazine rings is 1. The topological polar surface area (TPSA) is 50.8 Å². The van der Waals surface area contributed by atoms with Gasteiger partial charge in [-0.3, -0.25) is 0 Å². The van der Waals surface area contributed by atoms with E-state index in [1.54, 1.807) is 4.90 Å². The monoisotopic (exact) mass is 228 g/mol. The van der Waals surface area contributed by atoms with Gasteiger partial charge in [-0.05, 0) is 20.8 Å². The summed E-state index contributed by atoms with van der Waals surface area (Å²) in [4.78, 5) is 13.7. The number of amides is 1. The Kier molecular flexibility index (Phi) is 3.08. The summed E-state index contributed by atoms with van der Waals surface area (Å²) in [5.41, 5.74) is -0.423. The lowest BCUT2D eigenvalue weighted by atomic mass is 10.1. The molecule has 0 aromatic heterocycles. The number of ether oxygens (including phenoxy) is 2. The predicted molar refractivity (Wildman–Crippen MR) is 59.3 cm³/mol. The van der Waals surface area contributed by atoms with E-state index in [-0.39, 0.29) is 18.2 Å². The van der Waals surface area contributed by atoms with Crippen LogP contribution in [0.5, 0.6) is 0 Å². The molecule has 2 aliphatic heterocycles. The zero-order valence-corrected chi connectivity index (χ0v) is 10.2. The normalized spacial score (nSPS) is 30.1. The third-order valence-electron chi connectivity index (χ3n) is 2.64. The average Bonchev–Trinajstić information content (AvgIpc) is 2.14. The van der Waals surface area contributed by atoms with Crippen molar-refractivity contribution in [2.75, 3.05) is 26.3 Å². The molecular weight excluding hydrogens is 208 g/mol. The Morgan fingerprint density at radius 1 is 1.31 bits per heavy atom. The Bertz CT molecular complexity index is 263. The Morgan fingerprint density at radius 2 is 1.88 bits per heavy atom. The van der Waals surface area contributed by atoms with E-state index in [1.807, 2.05) is 20.8 Å². The van der Waals surface area contributed by atoms with E-state index in [2.05, 4.69) is 5.32 Å². The highest BCUT2D eigenvalue weighted by atomic mass is 16.6. The zero-order chi connectivity index (χ0) is 11.8. The highest BCUT2D eigenvalue weighted by Crippen LogP contribution is 2.15. The summed E-state index contributed by atoms with van der Waals surface area (Å²) >= 11 is 0. The minimum Gasteiger partial charge on any atom is -0.444 e. The molecule has 0 spiro atoms. The molecule has 2 saturated heterocycles. The average molecular weight is 228 g/mol. The SMILES string of the molecule is CC(C)(C)OC(=O)N1C[C@H]2COC[C@@H](C1)N2. The Balaban J connectivity index is 1.92. The minimum atomic E-state index is -0.423.